The van der Waals surface area contributed by atoms with Gasteiger partial charge in [0.2, 0.25) is 0 Å². The molecule has 1 heterocycles. The fraction of sp³-hybridized carbons (Fsp3) is 0.136. The summed E-state index contributed by atoms with van der Waals surface area (Å²) in [6.07, 6.45) is 2.78. The van der Waals surface area contributed by atoms with E-state index in [1.54, 1.807) is 6.26 Å². The first-order valence-electron chi connectivity index (χ1n) is 8.42. The monoisotopic (exact) mass is 330 g/mol. The minimum absolute atomic E-state index is 0.184. The van der Waals surface area contributed by atoms with Gasteiger partial charge in [0, 0.05) is 16.3 Å². The van der Waals surface area contributed by atoms with Crippen molar-refractivity contribution in [2.75, 3.05) is 0 Å². The summed E-state index contributed by atoms with van der Waals surface area (Å²) in [6, 6.07) is 19.7. The highest BCUT2D eigenvalue weighted by Crippen LogP contribution is 2.27. The molecule has 0 radical (unpaired) electrons. The Balaban J connectivity index is 1.60. The number of furan rings is 1. The molecule has 124 valence electrons. The number of hydrogen-bond donors (Lipinski definition) is 0. The van der Waals surface area contributed by atoms with Gasteiger partial charge in [-0.2, -0.15) is 0 Å². The van der Waals surface area contributed by atoms with Crippen molar-refractivity contribution >= 4 is 27.7 Å². The fourth-order valence-corrected chi connectivity index (χ4v) is 3.08. The van der Waals surface area contributed by atoms with Crippen molar-refractivity contribution in [2.24, 2.45) is 0 Å². The summed E-state index contributed by atoms with van der Waals surface area (Å²) in [4.78, 5) is 12.5. The molecule has 0 saturated heterocycles. The molecule has 1 aromatic heterocycles. The molecule has 0 amide bonds. The molecule has 0 unspecified atom stereocenters. The number of ether oxygens (including phenoxy) is 1. The van der Waals surface area contributed by atoms with Crippen LogP contribution in [0.3, 0.4) is 0 Å². The molecule has 0 aliphatic rings. The van der Waals surface area contributed by atoms with Crippen LogP contribution >= 0.6 is 0 Å². The maximum absolute atomic E-state index is 12.5. The van der Waals surface area contributed by atoms with Crippen molar-refractivity contribution < 1.29 is 13.9 Å². The lowest BCUT2D eigenvalue weighted by Gasteiger charge is -2.07. The summed E-state index contributed by atoms with van der Waals surface area (Å²) in [5.41, 5.74) is 2.87. The average Bonchev–Trinajstić information content (AvgIpc) is 3.04. The van der Waals surface area contributed by atoms with E-state index in [-0.39, 0.29) is 12.4 Å². The van der Waals surface area contributed by atoms with E-state index in [1.807, 2.05) is 54.6 Å². The molecule has 0 bridgehead atoms. The van der Waals surface area contributed by atoms with E-state index in [9.17, 15) is 4.79 Å². The topological polar surface area (TPSA) is 39.4 Å². The molecule has 3 aromatic carbocycles. The first-order chi connectivity index (χ1) is 12.2. The van der Waals surface area contributed by atoms with Crippen LogP contribution in [0.1, 0.15) is 18.1 Å². The Bertz CT molecular complexity index is 1050. The fourth-order valence-electron chi connectivity index (χ4n) is 3.08. The second kappa shape index (κ2) is 6.44. The first-order valence-corrected chi connectivity index (χ1v) is 8.42. The molecule has 4 rings (SSSR count). The number of aryl methyl sites for hydroxylation is 1. The minimum atomic E-state index is -0.291. The SMILES string of the molecule is CCc1ccc2occ(CC(=O)Oc3cccc4ccccc34)c2c1. The van der Waals surface area contributed by atoms with E-state index >= 15 is 0 Å². The molecule has 3 heteroatoms. The van der Waals surface area contributed by atoms with Crippen molar-refractivity contribution in [3.63, 3.8) is 0 Å². The predicted octanol–water partition coefficient (Wildman–Crippen LogP) is 5.30. The van der Waals surface area contributed by atoms with Crippen LogP contribution in [0.25, 0.3) is 21.7 Å². The number of carbonyl (C=O) groups is 1. The van der Waals surface area contributed by atoms with E-state index < -0.39 is 0 Å². The van der Waals surface area contributed by atoms with Gasteiger partial charge >= 0.3 is 5.97 Å². The standard InChI is InChI=1S/C22H18O3/c1-2-15-10-11-20-19(12-15)17(14-24-20)13-22(23)25-21-9-5-7-16-6-3-4-8-18(16)21/h3-12,14H,2,13H2,1H3. The third-order valence-electron chi connectivity index (χ3n) is 4.43. The third-order valence-corrected chi connectivity index (χ3v) is 4.43. The lowest BCUT2D eigenvalue weighted by atomic mass is 10.1. The molecule has 0 saturated carbocycles. The first kappa shape index (κ1) is 15.5. The summed E-state index contributed by atoms with van der Waals surface area (Å²) >= 11 is 0. The summed E-state index contributed by atoms with van der Waals surface area (Å²) in [5.74, 6) is 0.297. The summed E-state index contributed by atoms with van der Waals surface area (Å²) in [7, 11) is 0. The van der Waals surface area contributed by atoms with Crippen LogP contribution < -0.4 is 4.74 Å². The van der Waals surface area contributed by atoms with Gasteiger partial charge in [-0.15, -0.1) is 0 Å². The predicted molar refractivity (Wildman–Crippen MR) is 98.9 cm³/mol. The van der Waals surface area contributed by atoms with Crippen LogP contribution in [0, 0.1) is 0 Å². The number of carbonyl (C=O) groups excluding carboxylic acids is 1. The van der Waals surface area contributed by atoms with Gasteiger partial charge in [0.1, 0.15) is 11.3 Å². The van der Waals surface area contributed by atoms with Gasteiger partial charge in [-0.3, -0.25) is 4.79 Å². The van der Waals surface area contributed by atoms with E-state index in [0.717, 1.165) is 33.7 Å². The van der Waals surface area contributed by atoms with Gasteiger partial charge < -0.3 is 9.15 Å². The Labute approximate surface area is 145 Å². The normalized spacial score (nSPS) is 11.1. The van der Waals surface area contributed by atoms with Gasteiger partial charge in [-0.1, -0.05) is 49.4 Å². The van der Waals surface area contributed by atoms with Gasteiger partial charge in [0.05, 0.1) is 12.7 Å². The van der Waals surface area contributed by atoms with E-state index in [4.69, 9.17) is 9.15 Å². The van der Waals surface area contributed by atoms with Gasteiger partial charge in [0.15, 0.2) is 0 Å². The molecule has 3 nitrogen and oxygen atoms in total. The number of benzene rings is 3. The van der Waals surface area contributed by atoms with Crippen LogP contribution in [0.5, 0.6) is 5.75 Å². The lowest BCUT2D eigenvalue weighted by molar-refractivity contribution is -0.133. The van der Waals surface area contributed by atoms with Crippen LogP contribution in [-0.2, 0) is 17.6 Å². The van der Waals surface area contributed by atoms with Crippen molar-refractivity contribution in [1.29, 1.82) is 0 Å². The highest BCUT2D eigenvalue weighted by Gasteiger charge is 2.14. The maximum Gasteiger partial charge on any atom is 0.315 e. The average molecular weight is 330 g/mol. The molecule has 0 atom stereocenters. The zero-order valence-corrected chi connectivity index (χ0v) is 14.0. The van der Waals surface area contributed by atoms with Crippen LogP contribution in [-0.4, -0.2) is 5.97 Å². The Kier molecular flexibility index (Phi) is 3.98. The van der Waals surface area contributed by atoms with Crippen molar-refractivity contribution in [3.05, 3.63) is 78.1 Å². The molecule has 0 fully saturated rings. The molecular formula is C22H18O3. The van der Waals surface area contributed by atoms with Gasteiger partial charge in [-0.25, -0.2) is 0 Å². The highest BCUT2D eigenvalue weighted by atomic mass is 16.5. The molecule has 0 N–H and O–H groups in total. The van der Waals surface area contributed by atoms with E-state index in [1.165, 1.54) is 5.56 Å². The highest BCUT2D eigenvalue weighted by molar-refractivity contribution is 5.92. The van der Waals surface area contributed by atoms with E-state index in [2.05, 4.69) is 13.0 Å². The molecule has 4 aromatic rings. The Hall–Kier alpha value is -3.07. The van der Waals surface area contributed by atoms with E-state index in [0.29, 0.717) is 5.75 Å². The zero-order valence-electron chi connectivity index (χ0n) is 14.0. The molecule has 0 spiro atoms. The molecule has 0 aliphatic carbocycles. The Morgan fingerprint density at radius 3 is 2.72 bits per heavy atom. The van der Waals surface area contributed by atoms with Crippen molar-refractivity contribution in [2.45, 2.75) is 19.8 Å². The third kappa shape index (κ3) is 3.01. The quantitative estimate of drug-likeness (QED) is 0.377. The van der Waals surface area contributed by atoms with Gasteiger partial charge in [-0.05, 0) is 35.6 Å². The largest absolute Gasteiger partial charge is 0.464 e. The number of rotatable bonds is 4. The molecular weight excluding hydrogens is 312 g/mol. The number of esters is 1. The number of fused-ring (bicyclic) bond motifs is 2. The van der Waals surface area contributed by atoms with Crippen molar-refractivity contribution in [3.8, 4) is 5.75 Å². The lowest BCUT2D eigenvalue weighted by Crippen LogP contribution is -2.11. The second-order valence-electron chi connectivity index (χ2n) is 6.07. The summed E-state index contributed by atoms with van der Waals surface area (Å²) in [6.45, 7) is 2.11. The molecule has 0 aliphatic heterocycles. The zero-order chi connectivity index (χ0) is 17.2. The number of hydrogen-bond acceptors (Lipinski definition) is 3. The van der Waals surface area contributed by atoms with Crippen LogP contribution in [0.2, 0.25) is 0 Å². The Morgan fingerprint density at radius 1 is 1.00 bits per heavy atom. The summed E-state index contributed by atoms with van der Waals surface area (Å²) < 4.78 is 11.2. The van der Waals surface area contributed by atoms with Gasteiger partial charge in [0.25, 0.3) is 0 Å². The summed E-state index contributed by atoms with van der Waals surface area (Å²) in [5, 5.41) is 2.96. The second-order valence-corrected chi connectivity index (χ2v) is 6.07. The van der Waals surface area contributed by atoms with Crippen LogP contribution in [0.4, 0.5) is 0 Å². The Morgan fingerprint density at radius 2 is 1.84 bits per heavy atom. The van der Waals surface area contributed by atoms with Crippen molar-refractivity contribution in [1.82, 2.24) is 0 Å². The maximum atomic E-state index is 12.5. The smallest absolute Gasteiger partial charge is 0.315 e. The molecule has 25 heavy (non-hydrogen) atoms. The van der Waals surface area contributed by atoms with Crippen LogP contribution in [0.15, 0.2) is 71.3 Å². The minimum Gasteiger partial charge on any atom is -0.464 e.